The Kier molecular flexibility index (Phi) is 3.87. The summed E-state index contributed by atoms with van der Waals surface area (Å²) in [6.07, 6.45) is 0. The molecule has 1 heterocycles. The summed E-state index contributed by atoms with van der Waals surface area (Å²) in [6, 6.07) is 4.74. The summed E-state index contributed by atoms with van der Waals surface area (Å²) in [5, 5.41) is 16.7. The van der Waals surface area contributed by atoms with Crippen molar-refractivity contribution in [3.05, 3.63) is 38.4 Å². The summed E-state index contributed by atoms with van der Waals surface area (Å²) in [7, 11) is 0. The smallest absolute Gasteiger partial charge is 0.337 e. The molecule has 0 aliphatic heterocycles. The second-order valence-corrected chi connectivity index (χ2v) is 5.09. The number of carbonyl (C=O) groups excluding carboxylic acids is 1. The Balaban J connectivity index is 2.29. The maximum atomic E-state index is 11.7. The van der Waals surface area contributed by atoms with Gasteiger partial charge in [0.15, 0.2) is 5.69 Å². The second-order valence-electron chi connectivity index (χ2n) is 3.24. The highest BCUT2D eigenvalue weighted by Crippen LogP contribution is 2.19. The van der Waals surface area contributed by atoms with Crippen molar-refractivity contribution in [1.82, 2.24) is 9.59 Å². The molecule has 0 unspecified atom stereocenters. The molecule has 2 aromatic rings. The van der Waals surface area contributed by atoms with Crippen molar-refractivity contribution < 1.29 is 14.7 Å². The fraction of sp³-hybridized carbons (Fsp3) is 0. The number of carbonyl (C=O) groups is 2. The van der Waals surface area contributed by atoms with Crippen LogP contribution >= 0.6 is 34.1 Å². The van der Waals surface area contributed by atoms with Gasteiger partial charge in [-0.05, 0) is 52.3 Å². The third kappa shape index (κ3) is 2.82. The minimum absolute atomic E-state index is 0.0402. The molecule has 1 aromatic heterocycles. The number of anilines is 1. The summed E-state index contributed by atoms with van der Waals surface area (Å²) in [5.74, 6) is -1.58. The highest BCUT2D eigenvalue weighted by Gasteiger charge is 2.15. The molecule has 1 amide bonds. The van der Waals surface area contributed by atoms with E-state index >= 15 is 0 Å². The molecule has 2 N–H and O–H groups in total. The van der Waals surface area contributed by atoms with Gasteiger partial charge in [0.2, 0.25) is 0 Å². The van der Waals surface area contributed by atoms with Gasteiger partial charge in [-0.25, -0.2) is 4.79 Å². The summed E-state index contributed by atoms with van der Waals surface area (Å²) in [4.78, 5) is 22.8. The number of benzene rings is 1. The van der Waals surface area contributed by atoms with Crippen LogP contribution in [0.15, 0.2) is 23.6 Å². The number of nitrogens with zero attached hydrogens (tertiary/aromatic N) is 2. The van der Waals surface area contributed by atoms with Crippen LogP contribution in [0.3, 0.4) is 0 Å². The third-order valence-corrected chi connectivity index (χ3v) is 3.23. The van der Waals surface area contributed by atoms with Gasteiger partial charge in [-0.2, -0.15) is 0 Å². The van der Waals surface area contributed by atoms with Crippen LogP contribution in [0.5, 0.6) is 0 Å². The fourth-order valence-corrected chi connectivity index (χ4v) is 2.18. The lowest BCUT2D eigenvalue weighted by Crippen LogP contribution is -2.15. The monoisotopic (exact) mass is 375 g/mol. The van der Waals surface area contributed by atoms with E-state index in [1.54, 1.807) is 12.1 Å². The Morgan fingerprint density at radius 2 is 2.17 bits per heavy atom. The Morgan fingerprint density at radius 3 is 2.78 bits per heavy atom. The van der Waals surface area contributed by atoms with Crippen LogP contribution in [0.4, 0.5) is 5.69 Å². The Labute approximate surface area is 119 Å². The first kappa shape index (κ1) is 12.9. The lowest BCUT2D eigenvalue weighted by atomic mass is 10.2. The fourth-order valence-electron chi connectivity index (χ4n) is 1.25. The van der Waals surface area contributed by atoms with Crippen molar-refractivity contribution in [3.8, 4) is 0 Å². The Morgan fingerprint density at radius 1 is 1.39 bits per heavy atom. The van der Waals surface area contributed by atoms with Crippen LogP contribution < -0.4 is 5.32 Å². The number of hydrogen-bond donors (Lipinski definition) is 2. The number of amides is 1. The van der Waals surface area contributed by atoms with Crippen LogP contribution in [0.2, 0.25) is 0 Å². The van der Waals surface area contributed by atoms with E-state index in [-0.39, 0.29) is 16.9 Å². The standard InChI is InChI=1S/C10H6IN3O3S/c11-5-1-2-7(6(3-5)10(16)17)12-9(15)8-4-18-14-13-8/h1-4H,(H,12,15)(H,16,17). The largest absolute Gasteiger partial charge is 0.478 e. The topological polar surface area (TPSA) is 92.2 Å². The van der Waals surface area contributed by atoms with E-state index in [9.17, 15) is 9.59 Å². The van der Waals surface area contributed by atoms with Gasteiger partial charge in [-0.1, -0.05) is 4.49 Å². The van der Waals surface area contributed by atoms with Gasteiger partial charge < -0.3 is 10.4 Å². The number of carboxylic acids is 1. The first-order valence-electron chi connectivity index (χ1n) is 4.69. The summed E-state index contributed by atoms with van der Waals surface area (Å²) in [6.45, 7) is 0. The minimum atomic E-state index is -1.10. The summed E-state index contributed by atoms with van der Waals surface area (Å²) in [5.41, 5.74) is 0.439. The van der Waals surface area contributed by atoms with Gasteiger partial charge in [-0.3, -0.25) is 4.79 Å². The van der Waals surface area contributed by atoms with E-state index in [1.807, 2.05) is 22.6 Å². The average molecular weight is 375 g/mol. The first-order valence-corrected chi connectivity index (χ1v) is 6.60. The third-order valence-electron chi connectivity index (χ3n) is 2.05. The number of aromatic nitrogens is 2. The van der Waals surface area contributed by atoms with E-state index in [0.29, 0.717) is 0 Å². The highest BCUT2D eigenvalue weighted by molar-refractivity contribution is 14.1. The molecule has 0 aliphatic carbocycles. The lowest BCUT2D eigenvalue weighted by Gasteiger charge is -2.07. The number of halogens is 1. The molecule has 0 spiro atoms. The van der Waals surface area contributed by atoms with Crippen LogP contribution in [-0.2, 0) is 0 Å². The summed E-state index contributed by atoms with van der Waals surface area (Å²) >= 11 is 3.05. The van der Waals surface area contributed by atoms with Gasteiger partial charge in [-0.15, -0.1) is 5.10 Å². The zero-order chi connectivity index (χ0) is 13.1. The predicted octanol–water partition coefficient (Wildman–Crippen LogP) is 2.09. The van der Waals surface area contributed by atoms with Crippen LogP contribution in [0.1, 0.15) is 20.8 Å². The van der Waals surface area contributed by atoms with Crippen molar-refractivity contribution >= 4 is 51.7 Å². The lowest BCUT2D eigenvalue weighted by molar-refractivity contribution is 0.0698. The summed E-state index contributed by atoms with van der Waals surface area (Å²) < 4.78 is 4.35. The van der Waals surface area contributed by atoms with E-state index in [1.165, 1.54) is 11.4 Å². The minimum Gasteiger partial charge on any atom is -0.478 e. The molecule has 8 heteroatoms. The van der Waals surface area contributed by atoms with Crippen molar-refractivity contribution in [3.63, 3.8) is 0 Å². The van der Waals surface area contributed by atoms with Gasteiger partial charge in [0.1, 0.15) is 0 Å². The first-order chi connectivity index (χ1) is 8.58. The number of aromatic carboxylic acids is 1. The number of nitrogens with one attached hydrogen (secondary N) is 1. The quantitative estimate of drug-likeness (QED) is 0.802. The molecule has 0 fully saturated rings. The van der Waals surface area contributed by atoms with Crippen LogP contribution in [0.25, 0.3) is 0 Å². The van der Waals surface area contributed by atoms with Crippen molar-refractivity contribution in [2.75, 3.05) is 5.32 Å². The zero-order valence-corrected chi connectivity index (χ0v) is 11.7. The molecule has 0 saturated heterocycles. The number of rotatable bonds is 3. The Hall–Kier alpha value is -1.55. The van der Waals surface area contributed by atoms with E-state index in [4.69, 9.17) is 5.11 Å². The second kappa shape index (κ2) is 5.40. The molecule has 0 aliphatic rings. The normalized spacial score (nSPS) is 10.1. The molecule has 6 nitrogen and oxygen atoms in total. The molecule has 18 heavy (non-hydrogen) atoms. The van der Waals surface area contributed by atoms with Gasteiger partial charge in [0.25, 0.3) is 5.91 Å². The average Bonchev–Trinajstić information content (AvgIpc) is 2.84. The number of hydrogen-bond acceptors (Lipinski definition) is 5. The van der Waals surface area contributed by atoms with Crippen molar-refractivity contribution in [1.29, 1.82) is 0 Å². The Bertz CT molecular complexity index is 600. The molecule has 0 bridgehead atoms. The van der Waals surface area contributed by atoms with E-state index in [0.717, 1.165) is 15.1 Å². The molecule has 0 atom stereocenters. The van der Waals surface area contributed by atoms with Gasteiger partial charge >= 0.3 is 5.97 Å². The predicted molar refractivity (Wildman–Crippen MR) is 74.0 cm³/mol. The van der Waals surface area contributed by atoms with E-state index < -0.39 is 11.9 Å². The molecular formula is C10H6IN3O3S. The molecule has 0 saturated carbocycles. The van der Waals surface area contributed by atoms with Crippen LogP contribution in [0, 0.1) is 3.57 Å². The highest BCUT2D eigenvalue weighted by atomic mass is 127. The van der Waals surface area contributed by atoms with Crippen molar-refractivity contribution in [2.45, 2.75) is 0 Å². The maximum absolute atomic E-state index is 11.7. The van der Waals surface area contributed by atoms with E-state index in [2.05, 4.69) is 14.9 Å². The molecule has 1 aromatic carbocycles. The van der Waals surface area contributed by atoms with Gasteiger partial charge in [0, 0.05) is 8.95 Å². The van der Waals surface area contributed by atoms with Gasteiger partial charge in [0.05, 0.1) is 11.3 Å². The molecular weight excluding hydrogens is 369 g/mol. The number of carboxylic acid groups (broad SMARTS) is 1. The maximum Gasteiger partial charge on any atom is 0.337 e. The molecule has 2 rings (SSSR count). The van der Waals surface area contributed by atoms with Crippen molar-refractivity contribution in [2.24, 2.45) is 0 Å². The zero-order valence-electron chi connectivity index (χ0n) is 8.75. The molecule has 0 radical (unpaired) electrons. The molecule has 92 valence electrons. The SMILES string of the molecule is O=C(Nc1ccc(I)cc1C(=O)O)c1csnn1. The van der Waals surface area contributed by atoms with Crippen LogP contribution in [-0.4, -0.2) is 26.6 Å².